The summed E-state index contributed by atoms with van der Waals surface area (Å²) in [4.78, 5) is 0. The van der Waals surface area contributed by atoms with Crippen molar-refractivity contribution in [2.75, 3.05) is 13.2 Å². The van der Waals surface area contributed by atoms with Gasteiger partial charge in [-0.3, -0.25) is 0 Å². The van der Waals surface area contributed by atoms with Gasteiger partial charge in [0, 0.05) is 18.6 Å². The minimum Gasteiger partial charge on any atom is -0.392 e. The van der Waals surface area contributed by atoms with Crippen LogP contribution in [-0.2, 0) is 10.2 Å². The Morgan fingerprint density at radius 1 is 1.15 bits per heavy atom. The standard InChI is InChI=1S/C18H28O2/c1-17(2,3)10-9-16(19)18(11-13-20-14-12-18)15-7-5-4-6-8-15/h4-8,16,19H,9-14H2,1-3H3. The lowest BCUT2D eigenvalue weighted by molar-refractivity contribution is -0.0224. The Labute approximate surface area is 123 Å². The van der Waals surface area contributed by atoms with Crippen LogP contribution in [0.3, 0.4) is 0 Å². The molecule has 0 aromatic heterocycles. The van der Waals surface area contributed by atoms with Crippen LogP contribution in [0.25, 0.3) is 0 Å². The van der Waals surface area contributed by atoms with Crippen molar-refractivity contribution in [2.24, 2.45) is 5.41 Å². The fraction of sp³-hybridized carbons (Fsp3) is 0.667. The molecule has 1 N–H and O–H groups in total. The first kappa shape index (κ1) is 15.5. The number of benzene rings is 1. The maximum absolute atomic E-state index is 10.9. The predicted molar refractivity (Wildman–Crippen MR) is 82.9 cm³/mol. The first-order chi connectivity index (χ1) is 9.44. The van der Waals surface area contributed by atoms with Gasteiger partial charge in [0.05, 0.1) is 6.10 Å². The van der Waals surface area contributed by atoms with E-state index in [2.05, 4.69) is 45.0 Å². The molecule has 0 saturated carbocycles. The van der Waals surface area contributed by atoms with Gasteiger partial charge < -0.3 is 9.84 Å². The predicted octanol–water partition coefficient (Wildman–Crippen LogP) is 3.92. The maximum Gasteiger partial charge on any atom is 0.0638 e. The summed E-state index contributed by atoms with van der Waals surface area (Å²) in [5, 5.41) is 10.9. The third-order valence-corrected chi connectivity index (χ3v) is 4.54. The van der Waals surface area contributed by atoms with E-state index in [1.54, 1.807) is 0 Å². The van der Waals surface area contributed by atoms with Crippen molar-refractivity contribution in [2.45, 2.75) is 58.0 Å². The van der Waals surface area contributed by atoms with Gasteiger partial charge in [-0.1, -0.05) is 51.1 Å². The summed E-state index contributed by atoms with van der Waals surface area (Å²) in [5.41, 5.74) is 1.42. The van der Waals surface area contributed by atoms with Crippen LogP contribution in [0.15, 0.2) is 30.3 Å². The summed E-state index contributed by atoms with van der Waals surface area (Å²) in [6.07, 6.45) is 3.46. The molecule has 0 bridgehead atoms. The number of hydrogen-bond donors (Lipinski definition) is 1. The lowest BCUT2D eigenvalue weighted by Crippen LogP contribution is -2.44. The first-order valence-corrected chi connectivity index (χ1v) is 7.75. The second-order valence-corrected chi connectivity index (χ2v) is 7.25. The molecule has 1 aliphatic rings. The minimum absolute atomic E-state index is 0.120. The zero-order valence-electron chi connectivity index (χ0n) is 13.1. The van der Waals surface area contributed by atoms with Crippen molar-refractivity contribution in [3.8, 4) is 0 Å². The van der Waals surface area contributed by atoms with Gasteiger partial charge >= 0.3 is 0 Å². The monoisotopic (exact) mass is 276 g/mol. The average Bonchev–Trinajstić information content (AvgIpc) is 2.45. The van der Waals surface area contributed by atoms with Crippen molar-refractivity contribution < 1.29 is 9.84 Å². The molecular weight excluding hydrogens is 248 g/mol. The lowest BCUT2D eigenvalue weighted by atomic mass is 9.68. The van der Waals surface area contributed by atoms with E-state index in [1.807, 2.05) is 6.07 Å². The Bertz CT molecular complexity index is 399. The van der Waals surface area contributed by atoms with Crippen molar-refractivity contribution in [1.29, 1.82) is 0 Å². The van der Waals surface area contributed by atoms with E-state index in [1.165, 1.54) is 5.56 Å². The molecule has 1 aromatic rings. The second kappa shape index (κ2) is 6.28. The molecule has 0 spiro atoms. The Morgan fingerprint density at radius 3 is 2.30 bits per heavy atom. The van der Waals surface area contributed by atoms with E-state index in [-0.39, 0.29) is 16.9 Å². The van der Waals surface area contributed by atoms with E-state index in [0.717, 1.165) is 38.9 Å². The molecule has 1 atom stereocenters. The summed E-state index contributed by atoms with van der Waals surface area (Å²) < 4.78 is 5.53. The SMILES string of the molecule is CC(C)(C)CCC(O)C1(c2ccccc2)CCOCC1. The highest BCUT2D eigenvalue weighted by Crippen LogP contribution is 2.40. The summed E-state index contributed by atoms with van der Waals surface area (Å²) in [5.74, 6) is 0. The van der Waals surface area contributed by atoms with Crippen molar-refractivity contribution >= 4 is 0 Å². The molecule has 2 rings (SSSR count). The molecule has 1 saturated heterocycles. The summed E-state index contributed by atoms with van der Waals surface area (Å²) >= 11 is 0. The van der Waals surface area contributed by atoms with Crippen LogP contribution in [-0.4, -0.2) is 24.4 Å². The van der Waals surface area contributed by atoms with Crippen molar-refractivity contribution in [1.82, 2.24) is 0 Å². The van der Waals surface area contributed by atoms with Gasteiger partial charge in [0.15, 0.2) is 0 Å². The largest absolute Gasteiger partial charge is 0.392 e. The third kappa shape index (κ3) is 3.62. The quantitative estimate of drug-likeness (QED) is 0.903. The van der Waals surface area contributed by atoms with Crippen molar-refractivity contribution in [3.63, 3.8) is 0 Å². The Morgan fingerprint density at radius 2 is 1.75 bits per heavy atom. The van der Waals surface area contributed by atoms with Gasteiger partial charge in [-0.05, 0) is 36.7 Å². The van der Waals surface area contributed by atoms with Gasteiger partial charge in [-0.2, -0.15) is 0 Å². The fourth-order valence-electron chi connectivity index (χ4n) is 3.17. The fourth-order valence-corrected chi connectivity index (χ4v) is 3.17. The van der Waals surface area contributed by atoms with Crippen LogP contribution in [0.5, 0.6) is 0 Å². The lowest BCUT2D eigenvalue weighted by Gasteiger charge is -2.42. The van der Waals surface area contributed by atoms with E-state index < -0.39 is 0 Å². The van der Waals surface area contributed by atoms with Gasteiger partial charge in [-0.25, -0.2) is 0 Å². The number of rotatable bonds is 4. The smallest absolute Gasteiger partial charge is 0.0638 e. The van der Waals surface area contributed by atoms with E-state index in [4.69, 9.17) is 4.74 Å². The third-order valence-electron chi connectivity index (χ3n) is 4.54. The molecule has 1 aliphatic heterocycles. The molecule has 1 fully saturated rings. The van der Waals surface area contributed by atoms with Crippen LogP contribution < -0.4 is 0 Å². The normalized spacial score (nSPS) is 20.6. The molecule has 1 unspecified atom stereocenters. The molecule has 20 heavy (non-hydrogen) atoms. The molecule has 0 aliphatic carbocycles. The molecule has 1 aromatic carbocycles. The molecule has 1 heterocycles. The van der Waals surface area contributed by atoms with Crippen LogP contribution in [0, 0.1) is 5.41 Å². The molecule has 2 heteroatoms. The van der Waals surface area contributed by atoms with Gasteiger partial charge in [0.2, 0.25) is 0 Å². The number of aliphatic hydroxyl groups excluding tert-OH is 1. The highest BCUT2D eigenvalue weighted by molar-refractivity contribution is 5.27. The first-order valence-electron chi connectivity index (χ1n) is 7.75. The summed E-state index contributed by atoms with van der Waals surface area (Å²) in [6.45, 7) is 8.21. The molecule has 2 nitrogen and oxygen atoms in total. The van der Waals surface area contributed by atoms with E-state index in [0.29, 0.717) is 0 Å². The maximum atomic E-state index is 10.9. The van der Waals surface area contributed by atoms with Crippen LogP contribution in [0.2, 0.25) is 0 Å². The van der Waals surface area contributed by atoms with Crippen molar-refractivity contribution in [3.05, 3.63) is 35.9 Å². The van der Waals surface area contributed by atoms with E-state index in [9.17, 15) is 5.11 Å². The molecular formula is C18H28O2. The summed E-state index contributed by atoms with van der Waals surface area (Å²) in [6, 6.07) is 10.5. The molecule has 0 amide bonds. The topological polar surface area (TPSA) is 29.5 Å². The summed E-state index contributed by atoms with van der Waals surface area (Å²) in [7, 11) is 0. The minimum atomic E-state index is -0.284. The van der Waals surface area contributed by atoms with E-state index >= 15 is 0 Å². The van der Waals surface area contributed by atoms with Crippen LogP contribution >= 0.6 is 0 Å². The number of ether oxygens (including phenoxy) is 1. The number of hydrogen-bond acceptors (Lipinski definition) is 2. The van der Waals surface area contributed by atoms with Gasteiger partial charge in [-0.15, -0.1) is 0 Å². The Balaban J connectivity index is 2.19. The highest BCUT2D eigenvalue weighted by Gasteiger charge is 2.41. The highest BCUT2D eigenvalue weighted by atomic mass is 16.5. The van der Waals surface area contributed by atoms with Gasteiger partial charge in [0.1, 0.15) is 0 Å². The Kier molecular flexibility index (Phi) is 4.87. The average molecular weight is 276 g/mol. The zero-order valence-corrected chi connectivity index (χ0v) is 13.1. The zero-order chi connectivity index (χ0) is 14.6. The van der Waals surface area contributed by atoms with Gasteiger partial charge in [0.25, 0.3) is 0 Å². The van der Waals surface area contributed by atoms with Crippen LogP contribution in [0.4, 0.5) is 0 Å². The Hall–Kier alpha value is -0.860. The van der Waals surface area contributed by atoms with Crippen LogP contribution in [0.1, 0.15) is 52.0 Å². The molecule has 112 valence electrons. The second-order valence-electron chi connectivity index (χ2n) is 7.25. The number of aliphatic hydroxyl groups is 1. The molecule has 0 radical (unpaired) electrons.